The van der Waals surface area contributed by atoms with Gasteiger partial charge >= 0.3 is 0 Å². The van der Waals surface area contributed by atoms with Gasteiger partial charge in [0, 0.05) is 13.0 Å². The molecule has 7 nitrogen and oxygen atoms in total. The molecule has 0 amide bonds. The van der Waals surface area contributed by atoms with E-state index in [2.05, 4.69) is 30.6 Å². The first kappa shape index (κ1) is 17.2. The van der Waals surface area contributed by atoms with Crippen LogP contribution in [0, 0.1) is 11.6 Å². The second-order valence-corrected chi connectivity index (χ2v) is 6.51. The fourth-order valence-corrected chi connectivity index (χ4v) is 3.16. The summed E-state index contributed by atoms with van der Waals surface area (Å²) in [6.07, 6.45) is 0.596. The molecule has 3 aromatic heterocycles. The van der Waals surface area contributed by atoms with Crippen LogP contribution in [0.4, 0.5) is 14.6 Å². The number of nitrogens with zero attached hydrogens (tertiary/aromatic N) is 5. The quantitative estimate of drug-likeness (QED) is 0.478. The normalized spacial score (nSPS) is 11.4. The Balaban J connectivity index is 1.35. The van der Waals surface area contributed by atoms with E-state index in [1.165, 1.54) is 22.7 Å². The van der Waals surface area contributed by atoms with Crippen molar-refractivity contribution < 1.29 is 8.78 Å². The predicted molar refractivity (Wildman–Crippen MR) is 104 cm³/mol. The molecule has 9 heteroatoms. The highest BCUT2D eigenvalue weighted by atomic mass is 19.1. The average Bonchev–Trinajstić information content (AvgIpc) is 3.31. The van der Waals surface area contributed by atoms with Crippen LogP contribution in [0.5, 0.6) is 0 Å². The average molecular weight is 391 g/mol. The molecule has 29 heavy (non-hydrogen) atoms. The van der Waals surface area contributed by atoms with Crippen LogP contribution in [0.3, 0.4) is 0 Å². The number of rotatable bonds is 5. The molecule has 0 radical (unpaired) electrons. The van der Waals surface area contributed by atoms with Crippen molar-refractivity contribution in [3.63, 3.8) is 0 Å². The maximum atomic E-state index is 14.1. The summed E-state index contributed by atoms with van der Waals surface area (Å²) < 4.78 is 28.9. The summed E-state index contributed by atoms with van der Waals surface area (Å²) in [5, 5.41) is 15.8. The number of aromatic amines is 1. The fraction of sp³-hybridized carbons (Fsp3) is 0.100. The van der Waals surface area contributed by atoms with Gasteiger partial charge in [0.2, 0.25) is 0 Å². The highest BCUT2D eigenvalue weighted by Gasteiger charge is 2.13. The minimum absolute atomic E-state index is 0.303. The van der Waals surface area contributed by atoms with Gasteiger partial charge in [0.1, 0.15) is 23.3 Å². The van der Waals surface area contributed by atoms with Crippen molar-refractivity contribution in [2.24, 2.45) is 0 Å². The molecule has 2 aromatic carbocycles. The zero-order valence-corrected chi connectivity index (χ0v) is 15.1. The minimum Gasteiger partial charge on any atom is -0.368 e. The first-order valence-corrected chi connectivity index (χ1v) is 9.03. The number of halogens is 2. The largest absolute Gasteiger partial charge is 0.368 e. The topological polar surface area (TPSA) is 83.8 Å². The Morgan fingerprint density at radius 3 is 2.79 bits per heavy atom. The van der Waals surface area contributed by atoms with Crippen molar-refractivity contribution in [2.75, 3.05) is 11.9 Å². The second-order valence-electron chi connectivity index (χ2n) is 6.51. The Morgan fingerprint density at radius 2 is 1.90 bits per heavy atom. The molecule has 5 aromatic rings. The summed E-state index contributed by atoms with van der Waals surface area (Å²) in [4.78, 5) is 7.55. The van der Waals surface area contributed by atoms with E-state index in [4.69, 9.17) is 0 Å². The smallest absolute Gasteiger partial charge is 0.188 e. The molecule has 0 atom stereocenters. The SMILES string of the molecule is Fc1ccc2nc(CCNc3ccc4nnc(-c5ccccc5F)n4n3)[nH]c2c1. The summed E-state index contributed by atoms with van der Waals surface area (Å²) in [5.41, 5.74) is 2.24. The number of aromatic nitrogens is 6. The molecule has 0 saturated heterocycles. The van der Waals surface area contributed by atoms with Crippen LogP contribution in [0.15, 0.2) is 54.6 Å². The number of nitrogens with one attached hydrogen (secondary N) is 2. The van der Waals surface area contributed by atoms with Crippen LogP contribution < -0.4 is 5.32 Å². The Labute approximate surface area is 163 Å². The lowest BCUT2D eigenvalue weighted by Gasteiger charge is -2.06. The zero-order valence-electron chi connectivity index (χ0n) is 15.1. The molecular formula is C20H15F2N7. The monoisotopic (exact) mass is 391 g/mol. The second kappa shape index (κ2) is 6.93. The highest BCUT2D eigenvalue weighted by molar-refractivity contribution is 5.74. The van der Waals surface area contributed by atoms with E-state index in [-0.39, 0.29) is 11.6 Å². The van der Waals surface area contributed by atoms with Crippen LogP contribution in [-0.4, -0.2) is 36.3 Å². The minimum atomic E-state index is -0.386. The van der Waals surface area contributed by atoms with Crippen molar-refractivity contribution in [2.45, 2.75) is 6.42 Å². The molecule has 144 valence electrons. The van der Waals surface area contributed by atoms with E-state index in [0.717, 1.165) is 11.3 Å². The van der Waals surface area contributed by atoms with Gasteiger partial charge < -0.3 is 10.3 Å². The van der Waals surface area contributed by atoms with E-state index in [0.29, 0.717) is 41.3 Å². The predicted octanol–water partition coefficient (Wildman–Crippen LogP) is 3.60. The summed E-state index contributed by atoms with van der Waals surface area (Å²) in [6.45, 7) is 0.554. The molecular weight excluding hydrogens is 376 g/mol. The van der Waals surface area contributed by atoms with E-state index < -0.39 is 0 Å². The number of H-pyrrole nitrogens is 1. The molecule has 0 saturated carbocycles. The summed E-state index contributed by atoms with van der Waals surface area (Å²) in [6, 6.07) is 14.4. The molecule has 0 aliphatic carbocycles. The number of hydrogen-bond acceptors (Lipinski definition) is 5. The van der Waals surface area contributed by atoms with Crippen LogP contribution in [-0.2, 0) is 6.42 Å². The summed E-state index contributed by atoms with van der Waals surface area (Å²) in [7, 11) is 0. The third kappa shape index (κ3) is 3.27. The van der Waals surface area contributed by atoms with Gasteiger partial charge in [-0.2, -0.15) is 4.52 Å². The number of anilines is 1. The molecule has 0 aliphatic heterocycles. The Hall–Kier alpha value is -3.88. The molecule has 3 heterocycles. The number of hydrogen-bond donors (Lipinski definition) is 2. The number of benzene rings is 2. The third-order valence-corrected chi connectivity index (χ3v) is 4.54. The molecule has 0 spiro atoms. The molecule has 0 bridgehead atoms. The van der Waals surface area contributed by atoms with Crippen LogP contribution in [0.1, 0.15) is 5.82 Å². The lowest BCUT2D eigenvalue weighted by molar-refractivity contribution is 0.629. The molecule has 0 aliphatic rings. The van der Waals surface area contributed by atoms with E-state index >= 15 is 0 Å². The van der Waals surface area contributed by atoms with Gasteiger partial charge in [-0.15, -0.1) is 15.3 Å². The lowest BCUT2D eigenvalue weighted by Crippen LogP contribution is -2.09. The van der Waals surface area contributed by atoms with Gasteiger partial charge in [0.05, 0.1) is 16.6 Å². The van der Waals surface area contributed by atoms with Gasteiger partial charge in [0.25, 0.3) is 0 Å². The van der Waals surface area contributed by atoms with Crippen LogP contribution in [0.2, 0.25) is 0 Å². The van der Waals surface area contributed by atoms with Crippen molar-refractivity contribution >= 4 is 22.5 Å². The van der Waals surface area contributed by atoms with Gasteiger partial charge in [0.15, 0.2) is 11.5 Å². The summed E-state index contributed by atoms with van der Waals surface area (Å²) in [5.74, 6) is 0.986. The third-order valence-electron chi connectivity index (χ3n) is 4.54. The molecule has 5 rings (SSSR count). The molecule has 0 fully saturated rings. The molecule has 2 N–H and O–H groups in total. The van der Waals surface area contributed by atoms with Crippen molar-refractivity contribution in [1.82, 2.24) is 29.8 Å². The van der Waals surface area contributed by atoms with Crippen molar-refractivity contribution in [3.05, 3.63) is 72.1 Å². The van der Waals surface area contributed by atoms with Gasteiger partial charge in [-0.3, -0.25) is 0 Å². The zero-order chi connectivity index (χ0) is 19.8. The Kier molecular flexibility index (Phi) is 4.12. The van der Waals surface area contributed by atoms with Gasteiger partial charge in [-0.05, 0) is 42.5 Å². The number of fused-ring (bicyclic) bond motifs is 2. The highest BCUT2D eigenvalue weighted by Crippen LogP contribution is 2.21. The number of imidazole rings is 1. The summed E-state index contributed by atoms with van der Waals surface area (Å²) >= 11 is 0. The Bertz CT molecular complexity index is 1330. The van der Waals surface area contributed by atoms with E-state index in [1.807, 2.05) is 0 Å². The van der Waals surface area contributed by atoms with E-state index in [1.54, 1.807) is 36.4 Å². The Morgan fingerprint density at radius 1 is 1.00 bits per heavy atom. The van der Waals surface area contributed by atoms with Crippen LogP contribution in [0.25, 0.3) is 28.1 Å². The standard InChI is InChI=1S/C20H15F2N7/c21-12-5-6-15-16(11-12)25-18(24-15)9-10-23-17-7-8-19-26-27-20(29(19)28-17)13-3-1-2-4-14(13)22/h1-8,11H,9-10H2,(H,23,28)(H,24,25). The molecule has 0 unspecified atom stereocenters. The van der Waals surface area contributed by atoms with Crippen molar-refractivity contribution in [1.29, 1.82) is 0 Å². The fourth-order valence-electron chi connectivity index (χ4n) is 3.16. The van der Waals surface area contributed by atoms with E-state index in [9.17, 15) is 8.78 Å². The van der Waals surface area contributed by atoms with Gasteiger partial charge in [-0.1, -0.05) is 12.1 Å². The van der Waals surface area contributed by atoms with Crippen LogP contribution >= 0.6 is 0 Å². The maximum absolute atomic E-state index is 14.1. The first-order chi connectivity index (χ1) is 14.2. The lowest BCUT2D eigenvalue weighted by atomic mass is 10.2. The van der Waals surface area contributed by atoms with Crippen molar-refractivity contribution in [3.8, 4) is 11.4 Å². The first-order valence-electron chi connectivity index (χ1n) is 9.03. The maximum Gasteiger partial charge on any atom is 0.188 e. The van der Waals surface area contributed by atoms with Gasteiger partial charge in [-0.25, -0.2) is 13.8 Å².